The molecule has 2 heteroatoms. The molecular weight excluding hydrogens is 166 g/mol. The second kappa shape index (κ2) is 4.21. The van der Waals surface area contributed by atoms with Crippen molar-refractivity contribution in [2.45, 2.75) is 6.92 Å². The Balaban J connectivity index is 3.00. The lowest BCUT2D eigenvalue weighted by atomic mass is 10.1. The van der Waals surface area contributed by atoms with Gasteiger partial charge >= 0.3 is 0 Å². The quantitative estimate of drug-likeness (QED) is 0.755. The number of allylic oxidation sites excluding steroid dienone is 1. The lowest BCUT2D eigenvalue weighted by molar-refractivity contribution is 1.48. The Hall–Kier alpha value is -0.890. The van der Waals surface area contributed by atoms with Crippen LogP contribution in [0.3, 0.4) is 0 Å². The first-order chi connectivity index (χ1) is 5.75. The molecule has 0 amide bonds. The van der Waals surface area contributed by atoms with Gasteiger partial charge in [-0.25, -0.2) is 0 Å². The van der Waals surface area contributed by atoms with Crippen molar-refractivity contribution in [3.05, 3.63) is 40.9 Å². The van der Waals surface area contributed by atoms with Gasteiger partial charge in [0.15, 0.2) is 0 Å². The van der Waals surface area contributed by atoms with Crippen molar-refractivity contribution in [3.8, 4) is 0 Å². The van der Waals surface area contributed by atoms with Gasteiger partial charge in [0.05, 0.1) is 5.03 Å². The maximum absolute atomic E-state index is 5.79. The van der Waals surface area contributed by atoms with Gasteiger partial charge in [-0.05, 0) is 24.3 Å². The number of hydrogen-bond donors (Lipinski definition) is 1. The van der Waals surface area contributed by atoms with Gasteiger partial charge in [0.1, 0.15) is 0 Å². The molecule has 0 fully saturated rings. The van der Waals surface area contributed by atoms with Crippen molar-refractivity contribution in [3.63, 3.8) is 0 Å². The SMILES string of the molecule is CS/C(N)=C(/C)c1ccccc1. The Labute approximate surface area is 77.7 Å². The molecule has 0 radical (unpaired) electrons. The Morgan fingerprint density at radius 3 is 2.33 bits per heavy atom. The van der Waals surface area contributed by atoms with Gasteiger partial charge in [-0.15, -0.1) is 11.8 Å². The number of benzene rings is 1. The van der Waals surface area contributed by atoms with E-state index in [-0.39, 0.29) is 0 Å². The summed E-state index contributed by atoms with van der Waals surface area (Å²) in [6.45, 7) is 2.04. The largest absolute Gasteiger partial charge is 0.393 e. The first kappa shape index (κ1) is 9.20. The highest BCUT2D eigenvalue weighted by Gasteiger charge is 1.98. The van der Waals surface area contributed by atoms with Crippen LogP contribution in [0.4, 0.5) is 0 Å². The summed E-state index contributed by atoms with van der Waals surface area (Å²) in [6, 6.07) is 10.2. The van der Waals surface area contributed by atoms with Crippen LogP contribution >= 0.6 is 11.8 Å². The van der Waals surface area contributed by atoms with Crippen LogP contribution in [-0.2, 0) is 0 Å². The Bertz CT molecular complexity index is 277. The Morgan fingerprint density at radius 1 is 1.25 bits per heavy atom. The molecule has 1 nitrogen and oxygen atoms in total. The molecule has 0 unspecified atom stereocenters. The van der Waals surface area contributed by atoms with Gasteiger partial charge in [0.2, 0.25) is 0 Å². The van der Waals surface area contributed by atoms with E-state index in [0.29, 0.717) is 0 Å². The van der Waals surface area contributed by atoms with Gasteiger partial charge in [0, 0.05) is 0 Å². The van der Waals surface area contributed by atoms with E-state index in [9.17, 15) is 0 Å². The molecule has 2 N–H and O–H groups in total. The molecule has 1 rings (SSSR count). The van der Waals surface area contributed by atoms with Crippen LogP contribution in [0.25, 0.3) is 5.57 Å². The fourth-order valence-electron chi connectivity index (χ4n) is 0.984. The minimum atomic E-state index is 0.890. The molecule has 0 heterocycles. The monoisotopic (exact) mass is 179 g/mol. The lowest BCUT2D eigenvalue weighted by Crippen LogP contribution is -1.95. The van der Waals surface area contributed by atoms with Crippen LogP contribution in [-0.4, -0.2) is 6.26 Å². The third kappa shape index (κ3) is 2.05. The standard InChI is InChI=1S/C10H13NS/c1-8(10(11)12-2)9-6-4-3-5-7-9/h3-7H,11H2,1-2H3/b10-8-. The van der Waals surface area contributed by atoms with Gasteiger partial charge < -0.3 is 5.73 Å². The van der Waals surface area contributed by atoms with Crippen LogP contribution < -0.4 is 5.73 Å². The van der Waals surface area contributed by atoms with Crippen LogP contribution in [0, 0.1) is 0 Å². The number of thioether (sulfide) groups is 1. The molecule has 0 aliphatic carbocycles. The summed E-state index contributed by atoms with van der Waals surface area (Å²) in [5.74, 6) is 0. The summed E-state index contributed by atoms with van der Waals surface area (Å²) in [6.07, 6.45) is 1.99. The minimum absolute atomic E-state index is 0.890. The van der Waals surface area contributed by atoms with E-state index in [2.05, 4.69) is 12.1 Å². The van der Waals surface area contributed by atoms with Crippen molar-refractivity contribution in [2.75, 3.05) is 6.26 Å². The fraction of sp³-hybridized carbons (Fsp3) is 0.200. The first-order valence-corrected chi connectivity index (χ1v) is 5.04. The zero-order valence-corrected chi connectivity index (χ0v) is 8.19. The molecule has 1 aromatic rings. The van der Waals surface area contributed by atoms with Gasteiger partial charge in [0.25, 0.3) is 0 Å². The number of hydrogen-bond acceptors (Lipinski definition) is 2. The highest BCUT2D eigenvalue weighted by Crippen LogP contribution is 2.20. The minimum Gasteiger partial charge on any atom is -0.393 e. The van der Waals surface area contributed by atoms with Gasteiger partial charge in [-0.2, -0.15) is 0 Å². The van der Waals surface area contributed by atoms with E-state index < -0.39 is 0 Å². The van der Waals surface area contributed by atoms with E-state index in [1.165, 1.54) is 5.56 Å². The van der Waals surface area contributed by atoms with E-state index in [0.717, 1.165) is 10.6 Å². The van der Waals surface area contributed by atoms with Crippen molar-refractivity contribution in [1.82, 2.24) is 0 Å². The summed E-state index contributed by atoms with van der Waals surface area (Å²) in [7, 11) is 0. The van der Waals surface area contributed by atoms with Gasteiger partial charge in [-0.3, -0.25) is 0 Å². The van der Waals surface area contributed by atoms with Crippen molar-refractivity contribution < 1.29 is 0 Å². The van der Waals surface area contributed by atoms with Crippen LogP contribution in [0.2, 0.25) is 0 Å². The van der Waals surface area contributed by atoms with Crippen molar-refractivity contribution in [1.29, 1.82) is 0 Å². The molecule has 12 heavy (non-hydrogen) atoms. The zero-order valence-electron chi connectivity index (χ0n) is 7.37. The summed E-state index contributed by atoms with van der Waals surface area (Å²) < 4.78 is 0. The normalized spacial score (nSPS) is 12.5. The van der Waals surface area contributed by atoms with Crippen LogP contribution in [0.5, 0.6) is 0 Å². The Morgan fingerprint density at radius 2 is 1.83 bits per heavy atom. The summed E-state index contributed by atoms with van der Waals surface area (Å²) in [4.78, 5) is 0. The molecule has 0 aliphatic heterocycles. The van der Waals surface area contributed by atoms with E-state index >= 15 is 0 Å². The van der Waals surface area contributed by atoms with Crippen LogP contribution in [0.1, 0.15) is 12.5 Å². The van der Waals surface area contributed by atoms with Crippen molar-refractivity contribution >= 4 is 17.3 Å². The summed E-state index contributed by atoms with van der Waals surface area (Å²) in [5.41, 5.74) is 8.15. The number of nitrogens with two attached hydrogens (primary N) is 1. The maximum atomic E-state index is 5.79. The highest BCUT2D eigenvalue weighted by molar-refractivity contribution is 8.02. The lowest BCUT2D eigenvalue weighted by Gasteiger charge is -2.04. The van der Waals surface area contributed by atoms with Crippen molar-refractivity contribution in [2.24, 2.45) is 5.73 Å². The second-order valence-corrected chi connectivity index (χ2v) is 3.41. The van der Waals surface area contributed by atoms with E-state index in [1.807, 2.05) is 31.4 Å². The summed E-state index contributed by atoms with van der Waals surface area (Å²) >= 11 is 1.59. The molecule has 0 bridgehead atoms. The molecule has 64 valence electrons. The van der Waals surface area contributed by atoms with E-state index in [1.54, 1.807) is 11.8 Å². The second-order valence-electron chi connectivity index (χ2n) is 2.56. The highest BCUT2D eigenvalue weighted by atomic mass is 32.2. The third-order valence-corrected chi connectivity index (χ3v) is 2.54. The molecule has 0 saturated heterocycles. The average molecular weight is 179 g/mol. The van der Waals surface area contributed by atoms with E-state index in [4.69, 9.17) is 5.73 Å². The molecule has 0 atom stereocenters. The molecule has 0 aromatic heterocycles. The Kier molecular flexibility index (Phi) is 3.23. The predicted molar refractivity (Wildman–Crippen MR) is 56.7 cm³/mol. The maximum Gasteiger partial charge on any atom is 0.0688 e. The topological polar surface area (TPSA) is 26.0 Å². The first-order valence-electron chi connectivity index (χ1n) is 3.81. The predicted octanol–water partition coefficient (Wildman–Crippen LogP) is 2.70. The molecular formula is C10H13NS. The van der Waals surface area contributed by atoms with Crippen LogP contribution in [0.15, 0.2) is 35.4 Å². The average Bonchev–Trinajstić information content (AvgIpc) is 2.17. The fourth-order valence-corrected chi connectivity index (χ4v) is 1.41. The number of rotatable bonds is 2. The smallest absolute Gasteiger partial charge is 0.0688 e. The molecule has 0 spiro atoms. The van der Waals surface area contributed by atoms with Gasteiger partial charge in [-0.1, -0.05) is 30.3 Å². The zero-order chi connectivity index (χ0) is 8.97. The summed E-state index contributed by atoms with van der Waals surface area (Å²) in [5, 5.41) is 0.890. The molecule has 0 saturated carbocycles. The molecule has 0 aliphatic rings. The third-order valence-electron chi connectivity index (χ3n) is 1.80. The molecule has 1 aromatic carbocycles.